The Hall–Kier alpha value is -3.33. The highest BCUT2D eigenvalue weighted by molar-refractivity contribution is 7.44. The first-order valence-corrected chi connectivity index (χ1v) is 22.0. The Labute approximate surface area is 339 Å². The molecule has 0 fully saturated rings. The summed E-state index contributed by atoms with van der Waals surface area (Å²) in [6.45, 7) is 11.2. The highest BCUT2D eigenvalue weighted by Crippen LogP contribution is 2.49. The second kappa shape index (κ2) is 26.6. The molecule has 0 aliphatic heterocycles. The van der Waals surface area contributed by atoms with E-state index < -0.39 is 20.4 Å². The van der Waals surface area contributed by atoms with Crippen molar-refractivity contribution in [3.05, 3.63) is 95.6 Å². The minimum absolute atomic E-state index is 0.0315. The van der Waals surface area contributed by atoms with E-state index in [1.165, 1.54) is 57.6 Å². The number of benzene rings is 3. The molecule has 3 aromatic carbocycles. The Morgan fingerprint density at radius 3 is 1.68 bits per heavy atom. The molecule has 0 saturated carbocycles. The Bertz CT molecular complexity index is 1430. The van der Waals surface area contributed by atoms with Gasteiger partial charge in [0.25, 0.3) is 8.53 Å². The molecule has 3 aromatic rings. The second-order valence-corrected chi connectivity index (χ2v) is 16.3. The van der Waals surface area contributed by atoms with Crippen LogP contribution in [0.2, 0.25) is 0 Å². The zero-order chi connectivity index (χ0) is 40.6. The standard InChI is InChI=1S/C46H70N3O6P/c1-8-9-10-11-12-13-14-15-16-17-21-25-44(50)48-36-45(55-56(53-35-22-34-47)49(37(2)3)38(4)5)54-46(39-23-19-18-20-24-39,40-26-30-42(51-6)31-27-40)41-28-32-43(52-7)33-29-41/h18-20,23-24,26-34,37-38,45,47H,8-17,21-22,25,35-36H2,1-7H3,(H,48,50)/t45-,56?/m0/s1. The van der Waals surface area contributed by atoms with Gasteiger partial charge in [0.2, 0.25) is 5.91 Å². The van der Waals surface area contributed by atoms with Crippen molar-refractivity contribution >= 4 is 20.6 Å². The molecule has 0 spiro atoms. The lowest BCUT2D eigenvalue weighted by Crippen LogP contribution is -2.44. The molecule has 0 heterocycles. The Balaban J connectivity index is 1.96. The molecule has 1 unspecified atom stereocenters. The van der Waals surface area contributed by atoms with Crippen LogP contribution < -0.4 is 14.8 Å². The van der Waals surface area contributed by atoms with Gasteiger partial charge in [-0.1, -0.05) is 126 Å². The summed E-state index contributed by atoms with van der Waals surface area (Å²) >= 11 is 0. The van der Waals surface area contributed by atoms with Crippen LogP contribution in [0.15, 0.2) is 78.9 Å². The third-order valence-electron chi connectivity index (χ3n) is 9.87. The molecule has 56 heavy (non-hydrogen) atoms. The van der Waals surface area contributed by atoms with E-state index in [1.54, 1.807) is 14.2 Å². The van der Waals surface area contributed by atoms with Crippen molar-refractivity contribution in [3.63, 3.8) is 0 Å². The number of nitrogens with one attached hydrogen (secondary N) is 2. The summed E-state index contributed by atoms with van der Waals surface area (Å²) in [7, 11) is 1.63. The number of amides is 1. The highest BCUT2D eigenvalue weighted by Gasteiger charge is 2.42. The molecule has 0 aromatic heterocycles. The molecule has 0 bridgehead atoms. The lowest BCUT2D eigenvalue weighted by Gasteiger charge is -2.41. The maximum absolute atomic E-state index is 13.5. The first-order chi connectivity index (χ1) is 27.2. The van der Waals surface area contributed by atoms with Gasteiger partial charge < -0.3 is 29.5 Å². The summed E-state index contributed by atoms with van der Waals surface area (Å²) in [5, 5.41) is 10.8. The van der Waals surface area contributed by atoms with Crippen LogP contribution in [0.25, 0.3) is 0 Å². The third-order valence-corrected chi connectivity index (χ3v) is 12.0. The summed E-state index contributed by atoms with van der Waals surface area (Å²) in [4.78, 5) is 13.5. The van der Waals surface area contributed by atoms with Crippen molar-refractivity contribution < 1.29 is 28.1 Å². The Morgan fingerprint density at radius 1 is 0.732 bits per heavy atom. The number of carbonyl (C=O) groups excluding carboxylic acids is 1. The molecule has 10 heteroatoms. The topological polar surface area (TPSA) is 102 Å². The maximum Gasteiger partial charge on any atom is 0.261 e. The van der Waals surface area contributed by atoms with E-state index in [1.807, 2.05) is 66.7 Å². The molecule has 0 saturated heterocycles. The normalized spacial score (nSPS) is 12.9. The first-order valence-electron chi connectivity index (χ1n) is 20.9. The minimum Gasteiger partial charge on any atom is -0.497 e. The van der Waals surface area contributed by atoms with Crippen molar-refractivity contribution in [2.45, 2.75) is 142 Å². The fraction of sp³-hybridized carbons (Fsp3) is 0.565. The zero-order valence-corrected chi connectivity index (χ0v) is 36.2. The van der Waals surface area contributed by atoms with Gasteiger partial charge in [0.05, 0.1) is 27.4 Å². The molecular formula is C46H70N3O6P. The molecule has 0 radical (unpaired) electrons. The van der Waals surface area contributed by atoms with Crippen molar-refractivity contribution in [1.29, 1.82) is 5.41 Å². The average molecular weight is 792 g/mol. The van der Waals surface area contributed by atoms with E-state index >= 15 is 0 Å². The summed E-state index contributed by atoms with van der Waals surface area (Å²) < 4.78 is 34.1. The average Bonchev–Trinajstić information content (AvgIpc) is 3.21. The van der Waals surface area contributed by atoms with E-state index in [0.717, 1.165) is 47.5 Å². The monoisotopic (exact) mass is 792 g/mol. The predicted octanol–water partition coefficient (Wildman–Crippen LogP) is 11.6. The van der Waals surface area contributed by atoms with Gasteiger partial charge in [0.1, 0.15) is 17.1 Å². The van der Waals surface area contributed by atoms with Crippen LogP contribution in [-0.4, -0.2) is 62.5 Å². The number of unbranched alkanes of at least 4 members (excludes halogenated alkanes) is 10. The largest absolute Gasteiger partial charge is 0.497 e. The van der Waals surface area contributed by atoms with Crippen LogP contribution in [0, 0.1) is 5.41 Å². The van der Waals surface area contributed by atoms with Crippen LogP contribution in [-0.2, 0) is 24.2 Å². The first kappa shape index (κ1) is 47.0. The summed E-state index contributed by atoms with van der Waals surface area (Å²) in [6.07, 6.45) is 14.8. The molecule has 9 nitrogen and oxygen atoms in total. The van der Waals surface area contributed by atoms with Gasteiger partial charge >= 0.3 is 0 Å². The number of hydrogen-bond donors (Lipinski definition) is 2. The molecule has 1 amide bonds. The van der Waals surface area contributed by atoms with Crippen molar-refractivity contribution in [1.82, 2.24) is 9.99 Å². The smallest absolute Gasteiger partial charge is 0.261 e. The van der Waals surface area contributed by atoms with Gasteiger partial charge in [-0.15, -0.1) is 0 Å². The lowest BCUT2D eigenvalue weighted by atomic mass is 9.80. The Kier molecular flexibility index (Phi) is 22.3. The summed E-state index contributed by atoms with van der Waals surface area (Å²) in [6, 6.07) is 26.0. The van der Waals surface area contributed by atoms with E-state index in [4.69, 9.17) is 28.7 Å². The number of nitrogens with zero attached hydrogens (tertiary/aromatic N) is 1. The maximum atomic E-state index is 13.5. The minimum atomic E-state index is -1.67. The van der Waals surface area contributed by atoms with Gasteiger partial charge in [-0.2, -0.15) is 0 Å². The van der Waals surface area contributed by atoms with Crippen LogP contribution in [0.1, 0.15) is 135 Å². The van der Waals surface area contributed by atoms with Gasteiger partial charge in [-0.25, -0.2) is 4.67 Å². The van der Waals surface area contributed by atoms with Crippen molar-refractivity contribution in [2.75, 3.05) is 27.4 Å². The number of methoxy groups -OCH3 is 2. The van der Waals surface area contributed by atoms with Gasteiger partial charge in [-0.3, -0.25) is 9.32 Å². The SMILES string of the molecule is CCCCCCCCCCCCCC(=O)NC[C@H](OP(OCCC=N)N(C(C)C)C(C)C)OC(c1ccccc1)(c1ccc(OC)cc1)c1ccc(OC)cc1. The van der Waals surface area contributed by atoms with Gasteiger partial charge in [-0.05, 0) is 81.3 Å². The van der Waals surface area contributed by atoms with Crippen molar-refractivity contribution in [3.8, 4) is 11.5 Å². The van der Waals surface area contributed by atoms with E-state index in [-0.39, 0.29) is 24.5 Å². The third kappa shape index (κ3) is 15.2. The molecule has 2 atom stereocenters. The number of hydrogen-bond acceptors (Lipinski definition) is 8. The van der Waals surface area contributed by atoms with Crippen molar-refractivity contribution in [2.24, 2.45) is 0 Å². The zero-order valence-electron chi connectivity index (χ0n) is 35.3. The van der Waals surface area contributed by atoms with Gasteiger partial charge in [0.15, 0.2) is 6.29 Å². The molecule has 3 rings (SSSR count). The molecule has 0 aliphatic rings. The Morgan fingerprint density at radius 2 is 1.21 bits per heavy atom. The van der Waals surface area contributed by atoms with Gasteiger partial charge in [0, 0.05) is 24.9 Å². The van der Waals surface area contributed by atoms with E-state index in [9.17, 15) is 4.79 Å². The summed E-state index contributed by atoms with van der Waals surface area (Å²) in [5.74, 6) is 1.41. The predicted molar refractivity (Wildman–Crippen MR) is 231 cm³/mol. The fourth-order valence-corrected chi connectivity index (χ4v) is 8.61. The fourth-order valence-electron chi connectivity index (χ4n) is 6.98. The van der Waals surface area contributed by atoms with E-state index in [2.05, 4.69) is 56.7 Å². The quantitative estimate of drug-likeness (QED) is 0.0228. The summed E-state index contributed by atoms with van der Waals surface area (Å²) in [5.41, 5.74) is 1.42. The highest BCUT2D eigenvalue weighted by atomic mass is 31.2. The molecule has 310 valence electrons. The molecular weight excluding hydrogens is 721 g/mol. The molecule has 0 aliphatic carbocycles. The number of rotatable bonds is 30. The number of ether oxygens (including phenoxy) is 3. The van der Waals surface area contributed by atoms with Crippen LogP contribution in [0.3, 0.4) is 0 Å². The van der Waals surface area contributed by atoms with Crippen LogP contribution in [0.4, 0.5) is 0 Å². The van der Waals surface area contributed by atoms with Crippen LogP contribution in [0.5, 0.6) is 11.5 Å². The van der Waals surface area contributed by atoms with Crippen LogP contribution >= 0.6 is 8.53 Å². The molecule has 2 N–H and O–H groups in total. The van der Waals surface area contributed by atoms with E-state index in [0.29, 0.717) is 19.4 Å². The lowest BCUT2D eigenvalue weighted by molar-refractivity contribution is -0.149. The second-order valence-electron chi connectivity index (χ2n) is 14.9. The number of carbonyl (C=O) groups is 1.